The van der Waals surface area contributed by atoms with Crippen LogP contribution in [0.15, 0.2) is 22.7 Å². The standard InChI is InChI=1S/C13H16BrFN2O3/c1-2-3-4-10(12(18)19)16-13(20)17-11-7-8(14)5-6-9(11)15/h5-7,10H,2-4H2,1H3,(H,18,19)(H2,16,17,20). The monoisotopic (exact) mass is 346 g/mol. The minimum atomic E-state index is -1.11. The van der Waals surface area contributed by atoms with Crippen LogP contribution >= 0.6 is 15.9 Å². The Hall–Kier alpha value is -1.63. The third-order valence-electron chi connectivity index (χ3n) is 2.63. The lowest BCUT2D eigenvalue weighted by Crippen LogP contribution is -2.43. The lowest BCUT2D eigenvalue weighted by atomic mass is 10.1. The second-order valence-electron chi connectivity index (χ2n) is 4.26. The van der Waals surface area contributed by atoms with E-state index in [1.807, 2.05) is 6.92 Å². The number of anilines is 1. The Morgan fingerprint density at radius 2 is 2.15 bits per heavy atom. The summed E-state index contributed by atoms with van der Waals surface area (Å²) in [4.78, 5) is 22.7. The molecule has 0 bridgehead atoms. The number of carbonyl (C=O) groups excluding carboxylic acids is 1. The van der Waals surface area contributed by atoms with Gasteiger partial charge in [0.2, 0.25) is 0 Å². The molecule has 0 radical (unpaired) electrons. The topological polar surface area (TPSA) is 78.4 Å². The average Bonchev–Trinajstić information content (AvgIpc) is 2.38. The molecule has 5 nitrogen and oxygen atoms in total. The Labute approximate surface area is 124 Å². The summed E-state index contributed by atoms with van der Waals surface area (Å²) in [6.45, 7) is 1.93. The van der Waals surface area contributed by atoms with E-state index in [2.05, 4.69) is 26.6 Å². The zero-order valence-corrected chi connectivity index (χ0v) is 12.5. The van der Waals surface area contributed by atoms with Gasteiger partial charge in [-0.25, -0.2) is 14.0 Å². The fraction of sp³-hybridized carbons (Fsp3) is 0.385. The van der Waals surface area contributed by atoms with Crippen molar-refractivity contribution in [3.63, 3.8) is 0 Å². The predicted molar refractivity (Wildman–Crippen MR) is 77.2 cm³/mol. The number of aliphatic carboxylic acids is 1. The molecule has 0 aliphatic carbocycles. The molecule has 1 unspecified atom stereocenters. The van der Waals surface area contributed by atoms with E-state index in [4.69, 9.17) is 5.11 Å². The van der Waals surface area contributed by atoms with E-state index < -0.39 is 23.9 Å². The first-order chi connectivity index (χ1) is 9.43. The van der Waals surface area contributed by atoms with Crippen LogP contribution in [0.1, 0.15) is 26.2 Å². The molecular weight excluding hydrogens is 331 g/mol. The van der Waals surface area contributed by atoms with Crippen LogP contribution in [-0.4, -0.2) is 23.1 Å². The third-order valence-corrected chi connectivity index (χ3v) is 3.12. The molecule has 0 heterocycles. The molecule has 0 spiro atoms. The summed E-state index contributed by atoms with van der Waals surface area (Å²) in [5, 5.41) is 13.6. The van der Waals surface area contributed by atoms with Crippen molar-refractivity contribution in [1.82, 2.24) is 5.32 Å². The van der Waals surface area contributed by atoms with E-state index >= 15 is 0 Å². The van der Waals surface area contributed by atoms with Gasteiger partial charge in [0.25, 0.3) is 0 Å². The molecule has 20 heavy (non-hydrogen) atoms. The number of amides is 2. The van der Waals surface area contributed by atoms with Crippen molar-refractivity contribution in [2.75, 3.05) is 5.32 Å². The largest absolute Gasteiger partial charge is 0.480 e. The first-order valence-corrected chi connectivity index (χ1v) is 6.98. The van der Waals surface area contributed by atoms with Crippen molar-refractivity contribution in [3.05, 3.63) is 28.5 Å². The fourth-order valence-electron chi connectivity index (χ4n) is 1.58. The molecule has 1 rings (SSSR count). The second-order valence-corrected chi connectivity index (χ2v) is 5.17. The van der Waals surface area contributed by atoms with Crippen LogP contribution in [0.3, 0.4) is 0 Å². The molecule has 2 amide bonds. The van der Waals surface area contributed by atoms with Gasteiger partial charge in [0.15, 0.2) is 0 Å². The Morgan fingerprint density at radius 1 is 1.45 bits per heavy atom. The molecule has 0 aliphatic heterocycles. The van der Waals surface area contributed by atoms with Crippen molar-refractivity contribution >= 4 is 33.6 Å². The maximum Gasteiger partial charge on any atom is 0.326 e. The quantitative estimate of drug-likeness (QED) is 0.738. The number of carboxylic acids is 1. The smallest absolute Gasteiger partial charge is 0.326 e. The molecule has 0 saturated carbocycles. The number of nitrogens with one attached hydrogen (secondary N) is 2. The van der Waals surface area contributed by atoms with Gasteiger partial charge in [-0.05, 0) is 24.6 Å². The van der Waals surface area contributed by atoms with E-state index in [9.17, 15) is 14.0 Å². The Balaban J connectivity index is 2.65. The SMILES string of the molecule is CCCCC(NC(=O)Nc1cc(Br)ccc1F)C(=O)O. The van der Waals surface area contributed by atoms with Crippen LogP contribution in [-0.2, 0) is 4.79 Å². The number of unbranched alkanes of at least 4 members (excludes halogenated alkanes) is 1. The van der Waals surface area contributed by atoms with Crippen molar-refractivity contribution in [3.8, 4) is 0 Å². The van der Waals surface area contributed by atoms with Crippen LogP contribution in [0.5, 0.6) is 0 Å². The summed E-state index contributed by atoms with van der Waals surface area (Å²) in [7, 11) is 0. The zero-order valence-electron chi connectivity index (χ0n) is 11.0. The maximum absolute atomic E-state index is 13.4. The minimum Gasteiger partial charge on any atom is -0.480 e. The fourth-order valence-corrected chi connectivity index (χ4v) is 1.94. The highest BCUT2D eigenvalue weighted by molar-refractivity contribution is 9.10. The lowest BCUT2D eigenvalue weighted by Gasteiger charge is -2.15. The molecular formula is C13H16BrFN2O3. The van der Waals surface area contributed by atoms with Gasteiger partial charge in [-0.1, -0.05) is 35.7 Å². The number of halogens is 2. The molecule has 1 aromatic carbocycles. The first kappa shape index (κ1) is 16.4. The van der Waals surface area contributed by atoms with E-state index in [0.717, 1.165) is 6.42 Å². The van der Waals surface area contributed by atoms with Gasteiger partial charge in [-0.15, -0.1) is 0 Å². The van der Waals surface area contributed by atoms with Crippen molar-refractivity contribution in [1.29, 1.82) is 0 Å². The summed E-state index contributed by atoms with van der Waals surface area (Å²) in [6.07, 6.45) is 1.84. The molecule has 1 aromatic rings. The lowest BCUT2D eigenvalue weighted by molar-refractivity contribution is -0.139. The Kier molecular flexibility index (Phi) is 6.44. The van der Waals surface area contributed by atoms with Gasteiger partial charge in [0.1, 0.15) is 11.9 Å². The van der Waals surface area contributed by atoms with Crippen LogP contribution in [0.25, 0.3) is 0 Å². The van der Waals surface area contributed by atoms with E-state index in [0.29, 0.717) is 17.3 Å². The molecule has 0 aliphatic rings. The van der Waals surface area contributed by atoms with Crippen molar-refractivity contribution < 1.29 is 19.1 Å². The van der Waals surface area contributed by atoms with Crippen molar-refractivity contribution in [2.24, 2.45) is 0 Å². The highest BCUT2D eigenvalue weighted by Gasteiger charge is 2.19. The molecule has 0 fully saturated rings. The van der Waals surface area contributed by atoms with Gasteiger partial charge >= 0.3 is 12.0 Å². The van der Waals surface area contributed by atoms with Gasteiger partial charge in [0, 0.05) is 4.47 Å². The van der Waals surface area contributed by atoms with Crippen LogP contribution in [0, 0.1) is 5.82 Å². The highest BCUT2D eigenvalue weighted by Crippen LogP contribution is 2.19. The average molecular weight is 347 g/mol. The molecule has 3 N–H and O–H groups in total. The Morgan fingerprint density at radius 3 is 2.75 bits per heavy atom. The predicted octanol–water partition coefficient (Wildman–Crippen LogP) is 3.35. The van der Waals surface area contributed by atoms with Gasteiger partial charge in [0.05, 0.1) is 5.69 Å². The van der Waals surface area contributed by atoms with Crippen LogP contribution in [0.4, 0.5) is 14.9 Å². The summed E-state index contributed by atoms with van der Waals surface area (Å²) < 4.78 is 14.1. The molecule has 7 heteroatoms. The molecule has 0 saturated heterocycles. The number of hydrogen-bond donors (Lipinski definition) is 3. The number of benzene rings is 1. The Bertz CT molecular complexity index is 497. The number of carbonyl (C=O) groups is 2. The first-order valence-electron chi connectivity index (χ1n) is 6.19. The van der Waals surface area contributed by atoms with Gasteiger partial charge < -0.3 is 15.7 Å². The maximum atomic E-state index is 13.4. The number of hydrogen-bond acceptors (Lipinski definition) is 2. The number of rotatable bonds is 6. The molecule has 0 aromatic heterocycles. The van der Waals surface area contributed by atoms with Crippen molar-refractivity contribution in [2.45, 2.75) is 32.2 Å². The second kappa shape index (κ2) is 7.84. The van der Waals surface area contributed by atoms with E-state index in [-0.39, 0.29) is 5.69 Å². The molecule has 110 valence electrons. The highest BCUT2D eigenvalue weighted by atomic mass is 79.9. The third kappa shape index (κ3) is 5.16. The summed E-state index contributed by atoms with van der Waals surface area (Å²) >= 11 is 3.16. The van der Waals surface area contributed by atoms with Crippen LogP contribution in [0.2, 0.25) is 0 Å². The number of carboxylic acid groups (broad SMARTS) is 1. The van der Waals surface area contributed by atoms with E-state index in [1.165, 1.54) is 18.2 Å². The summed E-state index contributed by atoms with van der Waals surface area (Å²) in [6, 6.07) is 2.37. The zero-order chi connectivity index (χ0) is 15.1. The number of urea groups is 1. The summed E-state index contributed by atoms with van der Waals surface area (Å²) in [5.74, 6) is -1.70. The van der Waals surface area contributed by atoms with E-state index in [1.54, 1.807) is 0 Å². The van der Waals surface area contributed by atoms with Crippen LogP contribution < -0.4 is 10.6 Å². The summed E-state index contributed by atoms with van der Waals surface area (Å²) in [5.41, 5.74) is -0.0171. The van der Waals surface area contributed by atoms with Gasteiger partial charge in [-0.3, -0.25) is 0 Å². The van der Waals surface area contributed by atoms with Gasteiger partial charge in [-0.2, -0.15) is 0 Å². The minimum absolute atomic E-state index is 0.0171. The normalized spacial score (nSPS) is 11.8. The molecule has 1 atom stereocenters.